The molecule has 0 unspecified atom stereocenters. The number of amides is 2. The van der Waals surface area contributed by atoms with Crippen LogP contribution in [0.2, 0.25) is 0 Å². The molecule has 1 aromatic carbocycles. The van der Waals surface area contributed by atoms with E-state index >= 15 is 0 Å². The minimum atomic E-state index is -0.395. The molecule has 2 aromatic rings. The Morgan fingerprint density at radius 2 is 1.79 bits per heavy atom. The number of aromatic nitrogens is 1. The third-order valence-corrected chi connectivity index (χ3v) is 4.61. The van der Waals surface area contributed by atoms with Crippen LogP contribution in [0, 0.1) is 0 Å². The van der Waals surface area contributed by atoms with Gasteiger partial charge in [0.2, 0.25) is 0 Å². The molecule has 2 N–H and O–H groups in total. The number of ether oxygens (including phenoxy) is 2. The normalized spacial score (nSPS) is 15.2. The van der Waals surface area contributed by atoms with E-state index in [1.807, 2.05) is 0 Å². The average Bonchev–Trinajstić information content (AvgIpc) is 2.72. The van der Waals surface area contributed by atoms with Crippen LogP contribution in [0.1, 0.15) is 10.4 Å². The average molecular weight is 394 g/mol. The predicted octanol–water partition coefficient (Wildman–Crippen LogP) is 1.18. The number of hydrogen-bond donors (Lipinski definition) is 1. The van der Waals surface area contributed by atoms with Gasteiger partial charge in [0.1, 0.15) is 11.6 Å². The summed E-state index contributed by atoms with van der Waals surface area (Å²) in [6.07, 6.45) is 1.60. The molecule has 148 valence electrons. The number of benzene rings is 1. The van der Waals surface area contributed by atoms with Gasteiger partial charge in [0.25, 0.3) is 11.8 Å². The first kappa shape index (κ1) is 18.5. The summed E-state index contributed by atoms with van der Waals surface area (Å²) in [6, 6.07) is 7.98. The standard InChI is InChI=1S/C20H18N4O5/c1-2-7-23-13-8-12(3-4-15(13)28-10-18(23)26)14(25)9-24-19(27)11-29-16-5-6-17(21)22-20(16)24/h2-6,8H,1,7,9-11H2,(H2,21,22). The lowest BCUT2D eigenvalue weighted by atomic mass is 10.1. The number of rotatable bonds is 5. The monoisotopic (exact) mass is 394 g/mol. The Morgan fingerprint density at radius 1 is 1.10 bits per heavy atom. The third-order valence-electron chi connectivity index (χ3n) is 4.61. The van der Waals surface area contributed by atoms with E-state index in [2.05, 4.69) is 11.6 Å². The Bertz CT molecular complexity index is 1040. The summed E-state index contributed by atoms with van der Waals surface area (Å²) in [6.45, 7) is 3.46. The second kappa shape index (κ2) is 7.27. The zero-order valence-corrected chi connectivity index (χ0v) is 15.5. The molecule has 2 aliphatic heterocycles. The second-order valence-corrected chi connectivity index (χ2v) is 6.51. The van der Waals surface area contributed by atoms with Gasteiger partial charge in [0, 0.05) is 12.1 Å². The van der Waals surface area contributed by atoms with Crippen molar-refractivity contribution >= 4 is 34.9 Å². The highest BCUT2D eigenvalue weighted by Crippen LogP contribution is 2.34. The zero-order chi connectivity index (χ0) is 20.5. The lowest BCUT2D eigenvalue weighted by Crippen LogP contribution is -2.42. The number of nitrogen functional groups attached to an aromatic ring is 1. The fraction of sp³-hybridized carbons (Fsp3) is 0.200. The van der Waals surface area contributed by atoms with E-state index in [9.17, 15) is 14.4 Å². The summed E-state index contributed by atoms with van der Waals surface area (Å²) in [5.41, 5.74) is 6.54. The molecule has 0 bridgehead atoms. The molecular weight excluding hydrogens is 376 g/mol. The second-order valence-electron chi connectivity index (χ2n) is 6.51. The van der Waals surface area contributed by atoms with Crippen molar-refractivity contribution in [2.45, 2.75) is 0 Å². The zero-order valence-electron chi connectivity index (χ0n) is 15.5. The van der Waals surface area contributed by atoms with Crippen LogP contribution < -0.4 is 25.0 Å². The Kier molecular flexibility index (Phi) is 4.63. The molecule has 2 aliphatic rings. The fourth-order valence-corrected chi connectivity index (χ4v) is 3.19. The van der Waals surface area contributed by atoms with Gasteiger partial charge in [0.15, 0.2) is 30.6 Å². The summed E-state index contributed by atoms with van der Waals surface area (Å²) in [5.74, 6) is 0.365. The summed E-state index contributed by atoms with van der Waals surface area (Å²) in [4.78, 5) is 44.3. The van der Waals surface area contributed by atoms with Gasteiger partial charge in [-0.15, -0.1) is 6.58 Å². The van der Waals surface area contributed by atoms with Crippen molar-refractivity contribution in [3.05, 3.63) is 48.6 Å². The number of hydrogen-bond acceptors (Lipinski definition) is 7. The molecule has 0 fully saturated rings. The van der Waals surface area contributed by atoms with Crippen LogP contribution in [0.4, 0.5) is 17.3 Å². The number of fused-ring (bicyclic) bond motifs is 2. The molecule has 0 atom stereocenters. The van der Waals surface area contributed by atoms with Gasteiger partial charge in [-0.2, -0.15) is 0 Å². The Balaban J connectivity index is 1.63. The topological polar surface area (TPSA) is 115 Å². The summed E-state index contributed by atoms with van der Waals surface area (Å²) in [5, 5.41) is 0. The van der Waals surface area contributed by atoms with Gasteiger partial charge in [-0.1, -0.05) is 6.08 Å². The summed E-state index contributed by atoms with van der Waals surface area (Å²) >= 11 is 0. The van der Waals surface area contributed by atoms with Gasteiger partial charge >= 0.3 is 0 Å². The summed E-state index contributed by atoms with van der Waals surface area (Å²) < 4.78 is 10.8. The van der Waals surface area contributed by atoms with Crippen LogP contribution in [0.5, 0.6) is 11.5 Å². The molecule has 0 saturated carbocycles. The van der Waals surface area contributed by atoms with Crippen molar-refractivity contribution in [1.29, 1.82) is 0 Å². The van der Waals surface area contributed by atoms with Crippen LogP contribution in [0.3, 0.4) is 0 Å². The number of Topliss-reactive ketones (excluding diaryl/α,β-unsaturated/α-hetero) is 1. The van der Waals surface area contributed by atoms with Crippen LogP contribution in [0.25, 0.3) is 0 Å². The SMILES string of the molecule is C=CCN1C(=O)COc2ccc(C(=O)CN3C(=O)COc4ccc(N)nc43)cc21. The number of nitrogens with two attached hydrogens (primary N) is 1. The smallest absolute Gasteiger partial charge is 0.266 e. The number of carbonyl (C=O) groups excluding carboxylic acids is 3. The van der Waals surface area contributed by atoms with E-state index in [0.29, 0.717) is 29.3 Å². The molecule has 9 nitrogen and oxygen atoms in total. The Hall–Kier alpha value is -3.88. The molecule has 0 spiro atoms. The van der Waals surface area contributed by atoms with E-state index in [1.165, 1.54) is 9.80 Å². The van der Waals surface area contributed by atoms with E-state index < -0.39 is 5.91 Å². The lowest BCUT2D eigenvalue weighted by molar-refractivity contribution is -0.121. The molecule has 0 aliphatic carbocycles. The molecule has 1 aromatic heterocycles. The van der Waals surface area contributed by atoms with Crippen LogP contribution in [0.15, 0.2) is 43.0 Å². The molecule has 29 heavy (non-hydrogen) atoms. The molecule has 0 radical (unpaired) electrons. The van der Waals surface area contributed by atoms with E-state index in [-0.39, 0.29) is 43.1 Å². The van der Waals surface area contributed by atoms with Crippen molar-refractivity contribution in [3.8, 4) is 11.5 Å². The first-order valence-electron chi connectivity index (χ1n) is 8.89. The number of carbonyl (C=O) groups is 3. The summed E-state index contributed by atoms with van der Waals surface area (Å²) in [7, 11) is 0. The molecule has 0 saturated heterocycles. The van der Waals surface area contributed by atoms with Crippen molar-refractivity contribution in [3.63, 3.8) is 0 Å². The van der Waals surface area contributed by atoms with Gasteiger partial charge in [-0.05, 0) is 30.3 Å². The van der Waals surface area contributed by atoms with Crippen molar-refractivity contribution in [2.75, 3.05) is 41.8 Å². The molecule has 9 heteroatoms. The number of anilines is 3. The highest BCUT2D eigenvalue weighted by Gasteiger charge is 2.30. The van der Waals surface area contributed by atoms with Gasteiger partial charge in [0.05, 0.1) is 12.2 Å². The van der Waals surface area contributed by atoms with E-state index in [0.717, 1.165) is 0 Å². The minimum Gasteiger partial charge on any atom is -0.482 e. The largest absolute Gasteiger partial charge is 0.482 e. The molecule has 2 amide bonds. The molecule has 3 heterocycles. The maximum absolute atomic E-state index is 12.9. The quantitative estimate of drug-likeness (QED) is 0.598. The first-order chi connectivity index (χ1) is 14.0. The highest BCUT2D eigenvalue weighted by atomic mass is 16.5. The fourth-order valence-electron chi connectivity index (χ4n) is 3.19. The lowest BCUT2D eigenvalue weighted by Gasteiger charge is -2.29. The maximum atomic E-state index is 12.9. The number of ketones is 1. The van der Waals surface area contributed by atoms with Crippen LogP contribution in [-0.2, 0) is 9.59 Å². The highest BCUT2D eigenvalue weighted by molar-refractivity contribution is 6.08. The predicted molar refractivity (Wildman–Crippen MR) is 105 cm³/mol. The van der Waals surface area contributed by atoms with Gasteiger partial charge in [-0.3, -0.25) is 19.3 Å². The molecular formula is C20H18N4O5. The third kappa shape index (κ3) is 3.38. The van der Waals surface area contributed by atoms with Gasteiger partial charge < -0.3 is 20.1 Å². The maximum Gasteiger partial charge on any atom is 0.266 e. The molecule has 4 rings (SSSR count). The first-order valence-corrected chi connectivity index (χ1v) is 8.89. The van der Waals surface area contributed by atoms with E-state index in [1.54, 1.807) is 36.4 Å². The minimum absolute atomic E-state index is 0.0692. The van der Waals surface area contributed by atoms with Gasteiger partial charge in [-0.25, -0.2) is 4.98 Å². The van der Waals surface area contributed by atoms with Crippen molar-refractivity contribution < 1.29 is 23.9 Å². The Labute approximate surface area is 166 Å². The van der Waals surface area contributed by atoms with E-state index in [4.69, 9.17) is 15.2 Å². The van der Waals surface area contributed by atoms with Crippen LogP contribution in [-0.4, -0.2) is 48.9 Å². The Morgan fingerprint density at radius 3 is 2.55 bits per heavy atom. The number of pyridine rings is 1. The van der Waals surface area contributed by atoms with Crippen LogP contribution >= 0.6 is 0 Å². The number of nitrogens with zero attached hydrogens (tertiary/aromatic N) is 3. The van der Waals surface area contributed by atoms with Crippen molar-refractivity contribution in [2.24, 2.45) is 0 Å². The van der Waals surface area contributed by atoms with Crippen molar-refractivity contribution in [1.82, 2.24) is 4.98 Å².